The number of carbonyl (C=O) groups is 5. The van der Waals surface area contributed by atoms with E-state index in [1.807, 2.05) is 97.1 Å². The van der Waals surface area contributed by atoms with Crippen LogP contribution in [0.1, 0.15) is 48.1 Å². The molecule has 4 aromatic carbocycles. The molecule has 2 N–H and O–H groups in total. The third kappa shape index (κ3) is 8.01. The summed E-state index contributed by atoms with van der Waals surface area (Å²) in [5.41, 5.74) is 1.15. The number of cyclic esters (lactones) is 1. The predicted octanol–water partition coefficient (Wildman–Crippen LogP) is 3.86. The largest absolute Gasteiger partial charge is 0.462 e. The van der Waals surface area contributed by atoms with Crippen LogP contribution >= 0.6 is 0 Å². The van der Waals surface area contributed by atoms with Crippen molar-refractivity contribution in [3.63, 3.8) is 0 Å². The van der Waals surface area contributed by atoms with Crippen LogP contribution in [0.15, 0.2) is 121 Å². The Bertz CT molecular complexity index is 2430. The third-order valence-corrected chi connectivity index (χ3v) is 13.1. The first-order chi connectivity index (χ1) is 31.3. The first-order valence-electron chi connectivity index (χ1n) is 21.8. The van der Waals surface area contributed by atoms with Crippen molar-refractivity contribution in [1.29, 1.82) is 0 Å². The summed E-state index contributed by atoms with van der Waals surface area (Å²) in [4.78, 5) is 77.7. The van der Waals surface area contributed by atoms with Gasteiger partial charge in [0, 0.05) is 49.1 Å². The molecule has 8 atom stereocenters. The monoisotopic (exact) mass is 885 g/mol. The molecule has 8 unspecified atom stereocenters. The fourth-order valence-corrected chi connectivity index (χ4v) is 9.91. The van der Waals surface area contributed by atoms with Crippen molar-refractivity contribution in [3.05, 3.63) is 149 Å². The topological polar surface area (TPSA) is 179 Å². The van der Waals surface area contributed by atoms with Gasteiger partial charge in [-0.05, 0) is 22.8 Å². The molecule has 1 saturated carbocycles. The smallest absolute Gasteiger partial charge is 0.348 e. The van der Waals surface area contributed by atoms with Gasteiger partial charge in [-0.2, -0.15) is 5.06 Å². The number of aliphatic hydroxyl groups is 1. The van der Waals surface area contributed by atoms with Crippen molar-refractivity contribution >= 4 is 35.8 Å². The Labute approximate surface area is 376 Å². The Morgan fingerprint density at radius 2 is 1.52 bits per heavy atom. The minimum atomic E-state index is -1.63. The van der Waals surface area contributed by atoms with Crippen molar-refractivity contribution < 1.29 is 57.6 Å². The number of amides is 2. The molecule has 15 heteroatoms. The Hall–Kier alpha value is -6.23. The van der Waals surface area contributed by atoms with E-state index < -0.39 is 88.9 Å². The molecule has 4 heterocycles. The Balaban J connectivity index is 1.08. The average molecular weight is 886 g/mol. The number of nitrogens with zero attached hydrogens (tertiary/aromatic N) is 2. The summed E-state index contributed by atoms with van der Waals surface area (Å²) in [6.45, 7) is 3.39. The van der Waals surface area contributed by atoms with Gasteiger partial charge in [-0.1, -0.05) is 129 Å². The molecule has 0 radical (unpaired) electrons. The van der Waals surface area contributed by atoms with Crippen molar-refractivity contribution in [2.45, 2.75) is 81.6 Å². The van der Waals surface area contributed by atoms with E-state index in [0.717, 1.165) is 5.56 Å². The second-order valence-corrected chi connectivity index (χ2v) is 17.9. The Kier molecular flexibility index (Phi) is 11.9. The molecular formula is C50H51N3O12. The van der Waals surface area contributed by atoms with Crippen molar-refractivity contribution in [1.82, 2.24) is 15.3 Å². The number of aliphatic hydroxyl groups excluding tert-OH is 1. The maximum absolute atomic E-state index is 15.7. The summed E-state index contributed by atoms with van der Waals surface area (Å²) < 4.78 is 31.0. The van der Waals surface area contributed by atoms with Gasteiger partial charge >= 0.3 is 17.9 Å². The predicted molar refractivity (Wildman–Crippen MR) is 231 cm³/mol. The lowest BCUT2D eigenvalue weighted by molar-refractivity contribution is -0.214. The van der Waals surface area contributed by atoms with Crippen LogP contribution in [0.3, 0.4) is 0 Å². The van der Waals surface area contributed by atoms with Gasteiger partial charge < -0.3 is 39.0 Å². The number of fused-ring (bicyclic) bond motifs is 4. The van der Waals surface area contributed by atoms with Gasteiger partial charge in [-0.3, -0.25) is 19.2 Å². The number of rotatable bonds is 14. The van der Waals surface area contributed by atoms with Crippen molar-refractivity contribution in [2.75, 3.05) is 26.8 Å². The second kappa shape index (κ2) is 17.6. The Morgan fingerprint density at radius 1 is 0.877 bits per heavy atom. The summed E-state index contributed by atoms with van der Waals surface area (Å²) in [6, 6.07) is 33.0. The molecule has 1 aliphatic carbocycles. The van der Waals surface area contributed by atoms with Gasteiger partial charge in [0.1, 0.15) is 42.5 Å². The van der Waals surface area contributed by atoms with E-state index in [2.05, 4.69) is 5.32 Å². The summed E-state index contributed by atoms with van der Waals surface area (Å²) in [7, 11) is 1.55. The third-order valence-electron chi connectivity index (χ3n) is 13.1. The zero-order valence-corrected chi connectivity index (χ0v) is 36.2. The maximum atomic E-state index is 15.7. The van der Waals surface area contributed by atoms with E-state index in [0.29, 0.717) is 22.3 Å². The number of ether oxygens (including phenoxy) is 5. The molecule has 4 aliphatic heterocycles. The lowest BCUT2D eigenvalue weighted by atomic mass is 9.62. The van der Waals surface area contributed by atoms with Gasteiger partial charge in [-0.15, -0.1) is 0 Å². The van der Waals surface area contributed by atoms with Gasteiger partial charge in [0.15, 0.2) is 6.04 Å². The molecule has 4 saturated heterocycles. The molecule has 4 aromatic rings. The standard InChI is InChI=1S/C50H51N3O12/c1-48(2)30-60-46(58)43(48)62-38(55)23-22-32-16-13-17-33(26-32)29-53-41-45(57)61-37-28-49(41,47(59)52(3)36(44(56)51-24-25-54)27-31-14-7-4-8-15-31)42(65-53)40-39(37)63-50(64-40,34-18-9-5-10-19-34)35-20-11-6-12-21-35/h4-23,26,36-37,39-43,54H,24-25,27-30H2,1-3H3,(H,51,56). The van der Waals surface area contributed by atoms with E-state index in [1.54, 1.807) is 45.2 Å². The van der Waals surface area contributed by atoms with Crippen LogP contribution in [0.5, 0.6) is 0 Å². The van der Waals surface area contributed by atoms with Crippen LogP contribution in [0.25, 0.3) is 6.08 Å². The fourth-order valence-electron chi connectivity index (χ4n) is 9.91. The van der Waals surface area contributed by atoms with Crippen molar-refractivity contribution in [3.8, 4) is 0 Å². The molecule has 15 nitrogen and oxygen atoms in total. The molecule has 338 valence electrons. The normalized spacial score (nSPS) is 27.6. The van der Waals surface area contributed by atoms with Crippen LogP contribution < -0.4 is 5.32 Å². The summed E-state index contributed by atoms with van der Waals surface area (Å²) in [6.07, 6.45) is -1.95. The first kappa shape index (κ1) is 44.0. The highest BCUT2D eigenvalue weighted by Crippen LogP contribution is 2.60. The number of hydrogen-bond donors (Lipinski definition) is 2. The number of nitrogens with one attached hydrogen (secondary N) is 1. The summed E-state index contributed by atoms with van der Waals surface area (Å²) in [5.74, 6) is -4.46. The van der Waals surface area contributed by atoms with Gasteiger partial charge in [0.05, 0.1) is 13.2 Å². The molecule has 0 aromatic heterocycles. The molecule has 9 rings (SSSR count). The summed E-state index contributed by atoms with van der Waals surface area (Å²) in [5, 5.41) is 13.8. The number of esters is 3. The van der Waals surface area contributed by atoms with E-state index >= 15 is 4.79 Å². The average Bonchev–Trinajstić information content (AvgIpc) is 3.98. The number of hydroxylamine groups is 2. The molecule has 2 amide bonds. The fraction of sp³-hybridized carbons (Fsp3) is 0.380. The molecule has 65 heavy (non-hydrogen) atoms. The Morgan fingerprint density at radius 3 is 2.17 bits per heavy atom. The van der Waals surface area contributed by atoms with Crippen molar-refractivity contribution in [2.24, 2.45) is 10.8 Å². The van der Waals surface area contributed by atoms with Crippen LogP contribution in [0, 0.1) is 10.8 Å². The van der Waals surface area contributed by atoms with E-state index in [-0.39, 0.29) is 39.1 Å². The number of likely N-dealkylation sites (N-methyl/N-ethyl adjacent to an activating group) is 1. The zero-order chi connectivity index (χ0) is 45.5. The number of hydrogen-bond acceptors (Lipinski definition) is 13. The van der Waals surface area contributed by atoms with Crippen LogP contribution in [-0.2, 0) is 71.2 Å². The quantitative estimate of drug-likeness (QED) is 0.106. The summed E-state index contributed by atoms with van der Waals surface area (Å²) >= 11 is 0. The van der Waals surface area contributed by atoms with Crippen LogP contribution in [0.4, 0.5) is 0 Å². The molecule has 5 aliphatic rings. The highest BCUT2D eigenvalue weighted by atomic mass is 16.8. The molecule has 5 fully saturated rings. The number of benzene rings is 4. The minimum absolute atomic E-state index is 0.000897. The first-order valence-corrected chi connectivity index (χ1v) is 21.8. The van der Waals surface area contributed by atoms with Crippen LogP contribution in [0.2, 0.25) is 0 Å². The molecule has 2 bridgehead atoms. The van der Waals surface area contributed by atoms with Gasteiger partial charge in [0.2, 0.25) is 23.7 Å². The maximum Gasteiger partial charge on any atom is 0.348 e. The zero-order valence-electron chi connectivity index (χ0n) is 36.2. The van der Waals surface area contributed by atoms with E-state index in [1.165, 1.54) is 16.0 Å². The number of carbonyl (C=O) groups excluding carboxylic acids is 5. The molecule has 0 spiro atoms. The van der Waals surface area contributed by atoms with Gasteiger partial charge in [-0.25, -0.2) is 9.59 Å². The molecular weight excluding hydrogens is 835 g/mol. The lowest BCUT2D eigenvalue weighted by Gasteiger charge is -2.50. The highest BCUT2D eigenvalue weighted by molar-refractivity contribution is 5.96. The van der Waals surface area contributed by atoms with Gasteiger partial charge in [0.25, 0.3) is 0 Å². The highest BCUT2D eigenvalue weighted by Gasteiger charge is 2.77. The van der Waals surface area contributed by atoms with Crippen LogP contribution in [-0.4, -0.2) is 114 Å². The SMILES string of the molecule is CN(C(=O)C12CC3OC(=O)C1N(Cc1cccc(C=CC(=O)OC4C(=O)OCC4(C)C)c1)OC2C1OC(c2ccccc2)(c2ccccc2)OC31)C(Cc1ccccc1)C(=O)NCCO. The van der Waals surface area contributed by atoms with E-state index in [9.17, 15) is 24.3 Å². The lowest BCUT2D eigenvalue weighted by Crippen LogP contribution is -2.70. The van der Waals surface area contributed by atoms with E-state index in [4.69, 9.17) is 28.5 Å². The minimum Gasteiger partial charge on any atom is -0.462 e. The second-order valence-electron chi connectivity index (χ2n) is 17.9.